The number of hydrogen-bond donors (Lipinski definition) is 2. The lowest BCUT2D eigenvalue weighted by atomic mass is 9.89. The molecule has 7 nitrogen and oxygen atoms in total. The minimum Gasteiger partial charge on any atom is -0.465 e. The van der Waals surface area contributed by atoms with Crippen LogP contribution in [-0.2, 0) is 44.9 Å². The van der Waals surface area contributed by atoms with Gasteiger partial charge in [-0.25, -0.2) is 4.39 Å². The first-order valence-electron chi connectivity index (χ1n) is 14.2. The Labute approximate surface area is 249 Å². The number of rotatable bonds is 10. The Morgan fingerprint density at radius 1 is 1.07 bits per heavy atom. The predicted molar refractivity (Wildman–Crippen MR) is 161 cm³/mol. The zero-order valence-corrected chi connectivity index (χ0v) is 24.1. The zero-order valence-electron chi connectivity index (χ0n) is 23.4. The number of fused-ring (bicyclic) bond motifs is 3. The molecule has 0 saturated heterocycles. The minimum absolute atomic E-state index is 0.00534. The van der Waals surface area contributed by atoms with E-state index < -0.39 is 5.92 Å². The van der Waals surface area contributed by atoms with Gasteiger partial charge in [0.05, 0.1) is 12.5 Å². The second-order valence-corrected chi connectivity index (χ2v) is 11.0. The van der Waals surface area contributed by atoms with Gasteiger partial charge < -0.3 is 19.9 Å². The lowest BCUT2D eigenvalue weighted by Gasteiger charge is -2.27. The molecule has 2 amide bonds. The molecule has 42 heavy (non-hydrogen) atoms. The van der Waals surface area contributed by atoms with E-state index in [0.29, 0.717) is 36.4 Å². The Kier molecular flexibility index (Phi) is 9.22. The number of hydrogen-bond acceptors (Lipinski definition) is 4. The number of anilines is 1. The fourth-order valence-electron chi connectivity index (χ4n) is 5.71. The highest BCUT2D eigenvalue weighted by molar-refractivity contribution is 6.30. The summed E-state index contributed by atoms with van der Waals surface area (Å²) in [4.78, 5) is 39.0. The maximum atomic E-state index is 14.3. The fourth-order valence-corrected chi connectivity index (χ4v) is 5.83. The zero-order chi connectivity index (χ0) is 29.6. The monoisotopic (exact) mass is 589 g/mol. The standard InChI is InChI=1S/C33H33ClFN3O4/c1-2-42-32(40)20-38-29-14-10-24(35)18-27(29)28-19-26(13-15-30(28)38)37-33(41)22(16-21-6-4-3-5-7-21)17-31(39)36-25-11-8-23(34)9-12-25/h3-12,14,18,22,26H,2,13,15-17,19-20H2,1H3,(H,36,39)(H,37,41)/t22?,26-/m0/s1. The molecule has 1 heterocycles. The number of amides is 2. The molecule has 0 radical (unpaired) electrons. The molecule has 4 aromatic rings. The summed E-state index contributed by atoms with van der Waals surface area (Å²) in [5.74, 6) is -1.78. The number of nitrogens with one attached hydrogen (secondary N) is 2. The summed E-state index contributed by atoms with van der Waals surface area (Å²) < 4.78 is 21.4. The Hall–Kier alpha value is -4.17. The summed E-state index contributed by atoms with van der Waals surface area (Å²) in [5, 5.41) is 7.33. The van der Waals surface area contributed by atoms with Gasteiger partial charge in [0.25, 0.3) is 0 Å². The van der Waals surface area contributed by atoms with Crippen molar-refractivity contribution in [3.8, 4) is 0 Å². The second kappa shape index (κ2) is 13.2. The van der Waals surface area contributed by atoms with E-state index >= 15 is 0 Å². The van der Waals surface area contributed by atoms with Crippen molar-refractivity contribution in [3.05, 3.63) is 100 Å². The van der Waals surface area contributed by atoms with Crippen LogP contribution in [0.25, 0.3) is 10.9 Å². The van der Waals surface area contributed by atoms with E-state index in [2.05, 4.69) is 10.6 Å². The number of nitrogens with zero attached hydrogens (tertiary/aromatic N) is 1. The van der Waals surface area contributed by atoms with Crippen LogP contribution in [0.3, 0.4) is 0 Å². The van der Waals surface area contributed by atoms with Gasteiger partial charge in [-0.2, -0.15) is 0 Å². The molecule has 0 saturated carbocycles. The van der Waals surface area contributed by atoms with Gasteiger partial charge in [-0.05, 0) is 86.2 Å². The third-order valence-electron chi connectivity index (χ3n) is 7.62. The first kappa shape index (κ1) is 29.3. The lowest BCUT2D eigenvalue weighted by Crippen LogP contribution is -2.43. The molecule has 218 valence electrons. The summed E-state index contributed by atoms with van der Waals surface area (Å²) in [6, 6.07) is 20.8. The fraction of sp³-hybridized carbons (Fsp3) is 0.303. The minimum atomic E-state index is -0.594. The van der Waals surface area contributed by atoms with Crippen LogP contribution in [0.2, 0.25) is 5.02 Å². The van der Waals surface area contributed by atoms with E-state index in [9.17, 15) is 18.8 Å². The number of halogens is 2. The average molecular weight is 590 g/mol. The molecule has 0 spiro atoms. The molecule has 0 fully saturated rings. The maximum absolute atomic E-state index is 14.3. The average Bonchev–Trinajstić information content (AvgIpc) is 3.26. The summed E-state index contributed by atoms with van der Waals surface area (Å²) in [7, 11) is 0. The van der Waals surface area contributed by atoms with Crippen molar-refractivity contribution in [1.29, 1.82) is 0 Å². The van der Waals surface area contributed by atoms with Crippen LogP contribution >= 0.6 is 11.6 Å². The molecular weight excluding hydrogens is 557 g/mol. The van der Waals surface area contributed by atoms with E-state index in [-0.39, 0.29) is 49.2 Å². The largest absolute Gasteiger partial charge is 0.465 e. The van der Waals surface area contributed by atoms with Gasteiger partial charge in [-0.15, -0.1) is 0 Å². The van der Waals surface area contributed by atoms with Crippen LogP contribution in [0.4, 0.5) is 10.1 Å². The van der Waals surface area contributed by atoms with Crippen molar-refractivity contribution < 1.29 is 23.5 Å². The summed E-state index contributed by atoms with van der Waals surface area (Å²) in [6.07, 6.45) is 2.16. The topological polar surface area (TPSA) is 89.4 Å². The van der Waals surface area contributed by atoms with Gasteiger partial charge in [0, 0.05) is 39.8 Å². The van der Waals surface area contributed by atoms with Gasteiger partial charge in [-0.3, -0.25) is 14.4 Å². The number of benzene rings is 3. The Morgan fingerprint density at radius 3 is 2.57 bits per heavy atom. The summed E-state index contributed by atoms with van der Waals surface area (Å²) in [6.45, 7) is 2.09. The quantitative estimate of drug-likeness (QED) is 0.227. The summed E-state index contributed by atoms with van der Waals surface area (Å²) in [5.41, 5.74) is 4.21. The molecule has 1 aliphatic carbocycles. The van der Waals surface area contributed by atoms with Gasteiger partial charge in [-0.1, -0.05) is 41.9 Å². The van der Waals surface area contributed by atoms with Gasteiger partial charge in [0.15, 0.2) is 0 Å². The van der Waals surface area contributed by atoms with Crippen molar-refractivity contribution in [2.45, 2.75) is 51.6 Å². The third kappa shape index (κ3) is 6.99. The number of carbonyl (C=O) groups excluding carboxylic acids is 3. The van der Waals surface area contributed by atoms with Crippen LogP contribution in [0.15, 0.2) is 72.8 Å². The van der Waals surface area contributed by atoms with Crippen molar-refractivity contribution in [3.63, 3.8) is 0 Å². The lowest BCUT2D eigenvalue weighted by molar-refractivity contribution is -0.143. The molecule has 2 atom stereocenters. The first-order chi connectivity index (χ1) is 20.3. The highest BCUT2D eigenvalue weighted by Crippen LogP contribution is 2.33. The van der Waals surface area contributed by atoms with E-state index in [0.717, 1.165) is 27.7 Å². The van der Waals surface area contributed by atoms with Crippen molar-refractivity contribution in [2.75, 3.05) is 11.9 Å². The van der Waals surface area contributed by atoms with E-state index in [1.54, 1.807) is 37.3 Å². The smallest absolute Gasteiger partial charge is 0.325 e. The molecule has 1 aromatic heterocycles. The van der Waals surface area contributed by atoms with Crippen LogP contribution < -0.4 is 10.6 Å². The molecule has 0 aliphatic heterocycles. The predicted octanol–water partition coefficient (Wildman–Crippen LogP) is 5.86. The van der Waals surface area contributed by atoms with Gasteiger partial charge >= 0.3 is 5.97 Å². The Balaban J connectivity index is 1.34. The first-order valence-corrected chi connectivity index (χ1v) is 14.5. The van der Waals surface area contributed by atoms with Crippen LogP contribution in [0, 0.1) is 11.7 Å². The van der Waals surface area contributed by atoms with Crippen LogP contribution in [0.5, 0.6) is 0 Å². The molecule has 1 unspecified atom stereocenters. The number of ether oxygens (including phenoxy) is 1. The number of esters is 1. The van der Waals surface area contributed by atoms with Crippen LogP contribution in [0.1, 0.15) is 36.6 Å². The SMILES string of the molecule is CCOC(=O)Cn1c2c(c3cc(F)ccc31)C[C@@H](NC(=O)C(CC(=O)Nc1ccc(Cl)cc1)Cc1ccccc1)CC2. The molecule has 3 aromatic carbocycles. The van der Waals surface area contributed by atoms with E-state index in [1.165, 1.54) is 12.1 Å². The Bertz CT molecular complexity index is 1590. The number of carbonyl (C=O) groups is 3. The molecule has 9 heteroatoms. The number of aromatic nitrogens is 1. The molecule has 2 N–H and O–H groups in total. The van der Waals surface area contributed by atoms with Gasteiger partial charge in [0.1, 0.15) is 12.4 Å². The Morgan fingerprint density at radius 2 is 1.83 bits per heavy atom. The van der Waals surface area contributed by atoms with Crippen LogP contribution in [-0.4, -0.2) is 35.0 Å². The maximum Gasteiger partial charge on any atom is 0.325 e. The van der Waals surface area contributed by atoms with Crippen molar-refractivity contribution in [1.82, 2.24) is 9.88 Å². The summed E-state index contributed by atoms with van der Waals surface area (Å²) >= 11 is 5.96. The highest BCUT2D eigenvalue weighted by atomic mass is 35.5. The molecule has 5 rings (SSSR count). The highest BCUT2D eigenvalue weighted by Gasteiger charge is 2.30. The second-order valence-electron chi connectivity index (χ2n) is 10.6. The third-order valence-corrected chi connectivity index (χ3v) is 7.88. The molecular formula is C33H33ClFN3O4. The van der Waals surface area contributed by atoms with E-state index in [1.807, 2.05) is 34.9 Å². The van der Waals surface area contributed by atoms with Crippen molar-refractivity contribution >= 4 is 46.0 Å². The normalized spacial score (nSPS) is 15.1. The molecule has 1 aliphatic rings. The molecule has 0 bridgehead atoms. The van der Waals surface area contributed by atoms with E-state index in [4.69, 9.17) is 16.3 Å². The van der Waals surface area contributed by atoms with Gasteiger partial charge in [0.2, 0.25) is 11.8 Å². The van der Waals surface area contributed by atoms with Crippen molar-refractivity contribution in [2.24, 2.45) is 5.92 Å².